The predicted molar refractivity (Wildman–Crippen MR) is 139 cm³/mol. The van der Waals surface area contributed by atoms with Gasteiger partial charge in [0.2, 0.25) is 5.28 Å². The number of halogens is 1. The minimum atomic E-state index is -0.0358. The summed E-state index contributed by atoms with van der Waals surface area (Å²) in [4.78, 5) is 13.5. The number of hydrogen-bond donors (Lipinski definition) is 0. The third-order valence-corrected chi connectivity index (χ3v) is 6.85. The molecule has 4 aromatic carbocycles. The summed E-state index contributed by atoms with van der Waals surface area (Å²) in [5.74, 6) is 1.13. The van der Waals surface area contributed by atoms with E-state index in [4.69, 9.17) is 16.6 Å². The van der Waals surface area contributed by atoms with Crippen LogP contribution in [0.2, 0.25) is 5.28 Å². The molecule has 1 aliphatic carbocycles. The standard InChI is InChI=1S/C30H22ClN3/c1-30(2)24-16-7-6-14-23(24)26-22(15-9-17-25(26)30)20-12-8-13-21(18-20)28-32-27(33-29(31)34-28)19-10-4-3-5-11-19/h3-18H,1-2H3. The van der Waals surface area contributed by atoms with Gasteiger partial charge in [0, 0.05) is 16.5 Å². The smallest absolute Gasteiger partial charge is 0.208 e. The van der Waals surface area contributed by atoms with E-state index in [9.17, 15) is 0 Å². The molecule has 0 unspecified atom stereocenters. The second kappa shape index (κ2) is 7.89. The Hall–Kier alpha value is -3.82. The van der Waals surface area contributed by atoms with Crippen molar-refractivity contribution in [3.05, 3.63) is 113 Å². The van der Waals surface area contributed by atoms with E-state index >= 15 is 0 Å². The Morgan fingerprint density at radius 2 is 1.15 bits per heavy atom. The van der Waals surface area contributed by atoms with Crippen molar-refractivity contribution >= 4 is 11.6 Å². The van der Waals surface area contributed by atoms with Gasteiger partial charge >= 0.3 is 0 Å². The summed E-state index contributed by atoms with van der Waals surface area (Å²) in [5.41, 5.74) is 9.44. The summed E-state index contributed by atoms with van der Waals surface area (Å²) in [6.45, 7) is 4.60. The van der Waals surface area contributed by atoms with Crippen LogP contribution in [0.4, 0.5) is 0 Å². The van der Waals surface area contributed by atoms with Gasteiger partial charge in [-0.2, -0.15) is 9.97 Å². The maximum atomic E-state index is 6.31. The first kappa shape index (κ1) is 20.8. The van der Waals surface area contributed by atoms with Crippen molar-refractivity contribution in [3.8, 4) is 45.0 Å². The molecule has 1 aliphatic rings. The Bertz CT molecular complexity index is 1540. The van der Waals surface area contributed by atoms with Crippen molar-refractivity contribution < 1.29 is 0 Å². The van der Waals surface area contributed by atoms with Crippen LogP contribution in [-0.2, 0) is 5.41 Å². The number of fused-ring (bicyclic) bond motifs is 3. The highest BCUT2D eigenvalue weighted by atomic mass is 35.5. The Balaban J connectivity index is 1.50. The van der Waals surface area contributed by atoms with Crippen LogP contribution < -0.4 is 0 Å². The fraction of sp³-hybridized carbons (Fsp3) is 0.100. The molecule has 0 amide bonds. The van der Waals surface area contributed by atoms with E-state index in [0.717, 1.165) is 16.7 Å². The minimum absolute atomic E-state index is 0.0358. The van der Waals surface area contributed by atoms with Crippen LogP contribution in [0.1, 0.15) is 25.0 Å². The van der Waals surface area contributed by atoms with Crippen molar-refractivity contribution in [1.82, 2.24) is 15.0 Å². The molecule has 0 bridgehead atoms. The first-order chi connectivity index (χ1) is 16.5. The molecule has 0 radical (unpaired) electrons. The first-order valence-electron chi connectivity index (χ1n) is 11.3. The van der Waals surface area contributed by atoms with E-state index in [1.807, 2.05) is 36.4 Å². The zero-order chi connectivity index (χ0) is 23.3. The Morgan fingerprint density at radius 1 is 0.559 bits per heavy atom. The maximum Gasteiger partial charge on any atom is 0.226 e. The van der Waals surface area contributed by atoms with Gasteiger partial charge in [0.25, 0.3) is 0 Å². The van der Waals surface area contributed by atoms with Crippen LogP contribution in [0, 0.1) is 0 Å². The zero-order valence-corrected chi connectivity index (χ0v) is 19.7. The van der Waals surface area contributed by atoms with Crippen LogP contribution >= 0.6 is 11.6 Å². The Morgan fingerprint density at radius 3 is 1.97 bits per heavy atom. The molecule has 0 atom stereocenters. The van der Waals surface area contributed by atoms with Gasteiger partial charge in [-0.25, -0.2) is 4.98 Å². The molecule has 0 N–H and O–H groups in total. The molecule has 1 heterocycles. The van der Waals surface area contributed by atoms with Gasteiger partial charge in [0.05, 0.1) is 0 Å². The maximum absolute atomic E-state index is 6.31. The van der Waals surface area contributed by atoms with Gasteiger partial charge < -0.3 is 0 Å². The Kier molecular flexibility index (Phi) is 4.82. The lowest BCUT2D eigenvalue weighted by Gasteiger charge is -2.21. The molecule has 0 aliphatic heterocycles. The number of hydrogen-bond acceptors (Lipinski definition) is 3. The average molecular weight is 460 g/mol. The second-order valence-electron chi connectivity index (χ2n) is 9.10. The van der Waals surface area contributed by atoms with E-state index in [1.165, 1.54) is 27.8 Å². The van der Waals surface area contributed by atoms with Gasteiger partial charge in [-0.05, 0) is 51.0 Å². The molecule has 6 rings (SSSR count). The summed E-state index contributed by atoms with van der Waals surface area (Å²) in [5, 5.41) is 0.186. The van der Waals surface area contributed by atoms with E-state index < -0.39 is 0 Å². The molecule has 164 valence electrons. The van der Waals surface area contributed by atoms with Gasteiger partial charge in [0.15, 0.2) is 11.6 Å². The summed E-state index contributed by atoms with van der Waals surface area (Å²) < 4.78 is 0. The summed E-state index contributed by atoms with van der Waals surface area (Å²) in [6, 6.07) is 33.5. The van der Waals surface area contributed by atoms with Crippen molar-refractivity contribution in [3.63, 3.8) is 0 Å². The monoisotopic (exact) mass is 459 g/mol. The largest absolute Gasteiger partial charge is 0.226 e. The lowest BCUT2D eigenvalue weighted by molar-refractivity contribution is 0.660. The average Bonchev–Trinajstić information content (AvgIpc) is 3.11. The van der Waals surface area contributed by atoms with Crippen LogP contribution in [0.15, 0.2) is 97.1 Å². The highest BCUT2D eigenvalue weighted by Crippen LogP contribution is 2.51. The highest BCUT2D eigenvalue weighted by molar-refractivity contribution is 6.28. The van der Waals surface area contributed by atoms with Crippen molar-refractivity contribution in [2.24, 2.45) is 0 Å². The van der Waals surface area contributed by atoms with Crippen LogP contribution in [0.25, 0.3) is 45.0 Å². The predicted octanol–water partition coefficient (Wildman–Crippen LogP) is 7.83. The molecule has 4 heteroatoms. The fourth-order valence-electron chi connectivity index (χ4n) is 5.02. The molecular weight excluding hydrogens is 438 g/mol. The molecule has 0 saturated carbocycles. The van der Waals surface area contributed by atoms with E-state index in [0.29, 0.717) is 11.6 Å². The molecule has 0 spiro atoms. The third-order valence-electron chi connectivity index (χ3n) is 6.68. The van der Waals surface area contributed by atoms with Gasteiger partial charge in [-0.1, -0.05) is 105 Å². The van der Waals surface area contributed by atoms with Crippen LogP contribution in [0.5, 0.6) is 0 Å². The van der Waals surface area contributed by atoms with Gasteiger partial charge in [-0.3, -0.25) is 0 Å². The van der Waals surface area contributed by atoms with E-state index in [-0.39, 0.29) is 10.7 Å². The van der Waals surface area contributed by atoms with Crippen LogP contribution in [0.3, 0.4) is 0 Å². The quantitative estimate of drug-likeness (QED) is 0.276. The number of aromatic nitrogens is 3. The lowest BCUT2D eigenvalue weighted by atomic mass is 9.82. The SMILES string of the molecule is CC1(C)c2ccccc2-c2c(-c3cccc(-c4nc(Cl)nc(-c5ccccc5)n4)c3)cccc21. The number of nitrogens with zero attached hydrogens (tertiary/aromatic N) is 3. The third kappa shape index (κ3) is 3.32. The molecule has 3 nitrogen and oxygen atoms in total. The summed E-state index contributed by atoms with van der Waals surface area (Å²) in [6.07, 6.45) is 0. The number of benzene rings is 4. The molecule has 5 aromatic rings. The summed E-state index contributed by atoms with van der Waals surface area (Å²) >= 11 is 6.31. The van der Waals surface area contributed by atoms with E-state index in [2.05, 4.69) is 84.5 Å². The Labute approximate surface area is 204 Å². The summed E-state index contributed by atoms with van der Waals surface area (Å²) in [7, 11) is 0. The van der Waals surface area contributed by atoms with Gasteiger partial charge in [0.1, 0.15) is 0 Å². The molecule has 0 fully saturated rings. The molecule has 1 aromatic heterocycles. The van der Waals surface area contributed by atoms with Crippen molar-refractivity contribution in [2.45, 2.75) is 19.3 Å². The minimum Gasteiger partial charge on any atom is -0.208 e. The van der Waals surface area contributed by atoms with Gasteiger partial charge in [-0.15, -0.1) is 0 Å². The fourth-order valence-corrected chi connectivity index (χ4v) is 5.18. The molecular formula is C30H22ClN3. The van der Waals surface area contributed by atoms with Crippen molar-refractivity contribution in [1.29, 1.82) is 0 Å². The van der Waals surface area contributed by atoms with E-state index in [1.54, 1.807) is 0 Å². The molecule has 0 saturated heterocycles. The second-order valence-corrected chi connectivity index (χ2v) is 9.44. The lowest BCUT2D eigenvalue weighted by Crippen LogP contribution is -2.14. The number of rotatable bonds is 3. The molecule has 34 heavy (non-hydrogen) atoms. The highest BCUT2D eigenvalue weighted by Gasteiger charge is 2.36. The zero-order valence-electron chi connectivity index (χ0n) is 19.0. The topological polar surface area (TPSA) is 38.7 Å². The van der Waals surface area contributed by atoms with Crippen LogP contribution in [-0.4, -0.2) is 15.0 Å². The van der Waals surface area contributed by atoms with Crippen molar-refractivity contribution in [2.75, 3.05) is 0 Å². The first-order valence-corrected chi connectivity index (χ1v) is 11.7. The normalized spacial score (nSPS) is 13.4.